The van der Waals surface area contributed by atoms with Crippen LogP contribution in [0.1, 0.15) is 66.2 Å². The van der Waals surface area contributed by atoms with Crippen LogP contribution in [0.4, 0.5) is 0 Å². The number of carbonyl (C=O) groups excluding carboxylic acids is 2. The molecule has 0 bridgehead atoms. The minimum Gasteiger partial charge on any atom is -0.483 e. The summed E-state index contributed by atoms with van der Waals surface area (Å²) in [4.78, 5) is 24.9. The number of Topliss-reactive ketones (excluding diaryl/α,β-unsaturated/α-hetero) is 1. The van der Waals surface area contributed by atoms with Crippen LogP contribution in [0.2, 0.25) is 0 Å². The zero-order chi connectivity index (χ0) is 19.6. The van der Waals surface area contributed by atoms with E-state index in [1.165, 1.54) is 0 Å². The lowest BCUT2D eigenvalue weighted by Crippen LogP contribution is -2.35. The van der Waals surface area contributed by atoms with Crippen LogP contribution in [-0.2, 0) is 4.79 Å². The van der Waals surface area contributed by atoms with E-state index in [0.29, 0.717) is 17.7 Å². The van der Waals surface area contributed by atoms with Gasteiger partial charge >= 0.3 is 0 Å². The van der Waals surface area contributed by atoms with Gasteiger partial charge in [0.15, 0.2) is 12.4 Å². The Kier molecular flexibility index (Phi) is 5.64. The molecule has 4 heteroatoms. The number of hydrogen-bond donors (Lipinski definition) is 1. The van der Waals surface area contributed by atoms with E-state index in [1.54, 1.807) is 6.07 Å². The molecule has 0 saturated carbocycles. The largest absolute Gasteiger partial charge is 0.483 e. The molecule has 0 radical (unpaired) electrons. The van der Waals surface area contributed by atoms with Crippen molar-refractivity contribution in [2.45, 2.75) is 46.1 Å². The number of benzene rings is 2. The summed E-state index contributed by atoms with van der Waals surface area (Å²) in [5.74, 6) is 0.878. The normalized spacial score (nSPS) is 16.9. The number of ether oxygens (including phenoxy) is 1. The van der Waals surface area contributed by atoms with Crippen LogP contribution in [0.15, 0.2) is 42.5 Å². The number of amides is 1. The summed E-state index contributed by atoms with van der Waals surface area (Å²) in [6, 6.07) is 13.6. The minimum absolute atomic E-state index is 0.0762. The predicted molar refractivity (Wildman–Crippen MR) is 106 cm³/mol. The summed E-state index contributed by atoms with van der Waals surface area (Å²) in [6.07, 6.45) is 0.506. The molecular weight excluding hydrogens is 338 g/mol. The molecule has 4 nitrogen and oxygen atoms in total. The lowest BCUT2D eigenvalue weighted by atomic mass is 9.96. The summed E-state index contributed by atoms with van der Waals surface area (Å²) >= 11 is 0. The van der Waals surface area contributed by atoms with Crippen molar-refractivity contribution in [1.29, 1.82) is 0 Å². The van der Waals surface area contributed by atoms with Crippen molar-refractivity contribution < 1.29 is 14.3 Å². The Morgan fingerprint density at radius 3 is 2.56 bits per heavy atom. The minimum atomic E-state index is -0.189. The average Bonchev–Trinajstić information content (AvgIpc) is 2.95. The van der Waals surface area contributed by atoms with Gasteiger partial charge in [-0.25, -0.2) is 0 Å². The molecular formula is C23H27NO3. The van der Waals surface area contributed by atoms with Crippen molar-refractivity contribution in [1.82, 2.24) is 5.32 Å². The molecule has 2 atom stereocenters. The summed E-state index contributed by atoms with van der Waals surface area (Å²) in [7, 11) is 0. The van der Waals surface area contributed by atoms with E-state index in [4.69, 9.17) is 4.74 Å². The number of rotatable bonds is 6. The number of nitrogens with one attached hydrogen (secondary N) is 1. The van der Waals surface area contributed by atoms with Gasteiger partial charge in [0.2, 0.25) is 0 Å². The zero-order valence-corrected chi connectivity index (χ0v) is 16.4. The smallest absolute Gasteiger partial charge is 0.258 e. The first-order chi connectivity index (χ1) is 12.9. The Hall–Kier alpha value is -2.62. The SMILES string of the molecule is Cc1ccc(OCC(=O)N[C@H](c2ccccc2)C(C)C)c2c1[C@H](C)CC2=O. The summed E-state index contributed by atoms with van der Waals surface area (Å²) < 4.78 is 5.77. The molecule has 0 saturated heterocycles. The number of carbonyl (C=O) groups is 2. The van der Waals surface area contributed by atoms with Gasteiger partial charge in [-0.1, -0.05) is 57.2 Å². The third-order valence-electron chi connectivity index (χ3n) is 5.19. The second-order valence-corrected chi connectivity index (χ2v) is 7.69. The maximum Gasteiger partial charge on any atom is 0.258 e. The second-order valence-electron chi connectivity index (χ2n) is 7.69. The first-order valence-corrected chi connectivity index (χ1v) is 9.52. The van der Waals surface area contributed by atoms with E-state index < -0.39 is 0 Å². The van der Waals surface area contributed by atoms with Gasteiger partial charge in [0.1, 0.15) is 5.75 Å². The molecule has 2 aromatic carbocycles. The lowest BCUT2D eigenvalue weighted by molar-refractivity contribution is -0.124. The highest BCUT2D eigenvalue weighted by molar-refractivity contribution is 6.04. The Morgan fingerprint density at radius 2 is 1.89 bits per heavy atom. The van der Waals surface area contributed by atoms with Gasteiger partial charge in [-0.3, -0.25) is 9.59 Å². The van der Waals surface area contributed by atoms with E-state index in [1.807, 2.05) is 43.3 Å². The fourth-order valence-corrected chi connectivity index (χ4v) is 3.88. The molecule has 0 aliphatic heterocycles. The fourth-order valence-electron chi connectivity index (χ4n) is 3.88. The molecule has 27 heavy (non-hydrogen) atoms. The van der Waals surface area contributed by atoms with E-state index in [-0.39, 0.29) is 36.2 Å². The molecule has 1 N–H and O–H groups in total. The van der Waals surface area contributed by atoms with Crippen molar-refractivity contribution >= 4 is 11.7 Å². The number of ketones is 1. The van der Waals surface area contributed by atoms with Gasteiger partial charge in [-0.2, -0.15) is 0 Å². The van der Waals surface area contributed by atoms with E-state index in [0.717, 1.165) is 16.7 Å². The molecule has 0 spiro atoms. The Bertz CT molecular complexity index is 842. The maximum absolute atomic E-state index is 12.5. The molecule has 1 amide bonds. The quantitative estimate of drug-likeness (QED) is 0.815. The summed E-state index contributed by atoms with van der Waals surface area (Å²) in [6.45, 7) is 8.11. The van der Waals surface area contributed by atoms with Gasteiger partial charge in [0, 0.05) is 6.42 Å². The number of hydrogen-bond acceptors (Lipinski definition) is 3. The predicted octanol–water partition coefficient (Wildman–Crippen LogP) is 4.58. The van der Waals surface area contributed by atoms with Gasteiger partial charge in [-0.05, 0) is 41.5 Å². The Morgan fingerprint density at radius 1 is 1.19 bits per heavy atom. The monoisotopic (exact) mass is 365 g/mol. The molecule has 0 fully saturated rings. The van der Waals surface area contributed by atoms with E-state index in [2.05, 4.69) is 26.1 Å². The van der Waals surface area contributed by atoms with Crippen molar-refractivity contribution in [2.75, 3.05) is 6.61 Å². The molecule has 0 unspecified atom stereocenters. The van der Waals surface area contributed by atoms with Crippen LogP contribution < -0.4 is 10.1 Å². The fraction of sp³-hybridized carbons (Fsp3) is 0.391. The highest BCUT2D eigenvalue weighted by Gasteiger charge is 2.31. The summed E-state index contributed by atoms with van der Waals surface area (Å²) in [5.41, 5.74) is 3.88. The van der Waals surface area contributed by atoms with Gasteiger partial charge in [-0.15, -0.1) is 0 Å². The maximum atomic E-state index is 12.5. The van der Waals surface area contributed by atoms with Crippen LogP contribution in [0.3, 0.4) is 0 Å². The van der Waals surface area contributed by atoms with Gasteiger partial charge in [0.05, 0.1) is 11.6 Å². The molecule has 0 heterocycles. The molecule has 0 aromatic heterocycles. The number of fused-ring (bicyclic) bond motifs is 1. The standard InChI is InChI=1S/C23H27NO3/c1-14(2)23(17-8-6-5-7-9-17)24-20(26)13-27-19-11-10-15(3)21-16(4)12-18(25)22(19)21/h5-11,14,16,23H,12-13H2,1-4H3,(H,24,26)/t16-,23+/m1/s1. The van der Waals surface area contributed by atoms with Crippen LogP contribution in [0.5, 0.6) is 5.75 Å². The Labute approximate surface area is 160 Å². The second kappa shape index (κ2) is 7.95. The number of aryl methyl sites for hydroxylation is 1. The highest BCUT2D eigenvalue weighted by atomic mass is 16.5. The van der Waals surface area contributed by atoms with Crippen LogP contribution in [0, 0.1) is 12.8 Å². The van der Waals surface area contributed by atoms with Crippen molar-refractivity contribution in [3.05, 3.63) is 64.7 Å². The van der Waals surface area contributed by atoms with Crippen LogP contribution in [-0.4, -0.2) is 18.3 Å². The Balaban J connectivity index is 1.71. The topological polar surface area (TPSA) is 55.4 Å². The zero-order valence-electron chi connectivity index (χ0n) is 16.4. The van der Waals surface area contributed by atoms with Crippen molar-refractivity contribution in [2.24, 2.45) is 5.92 Å². The van der Waals surface area contributed by atoms with Crippen LogP contribution in [0.25, 0.3) is 0 Å². The third kappa shape index (κ3) is 4.05. The molecule has 142 valence electrons. The first kappa shape index (κ1) is 19.2. The summed E-state index contributed by atoms with van der Waals surface area (Å²) in [5, 5.41) is 3.05. The third-order valence-corrected chi connectivity index (χ3v) is 5.19. The van der Waals surface area contributed by atoms with Gasteiger partial charge in [0.25, 0.3) is 5.91 Å². The molecule has 3 rings (SSSR count). The van der Waals surface area contributed by atoms with Crippen molar-refractivity contribution in [3.63, 3.8) is 0 Å². The lowest BCUT2D eigenvalue weighted by Gasteiger charge is -2.23. The van der Waals surface area contributed by atoms with Crippen LogP contribution >= 0.6 is 0 Å². The van der Waals surface area contributed by atoms with Gasteiger partial charge < -0.3 is 10.1 Å². The van der Waals surface area contributed by atoms with Crippen molar-refractivity contribution in [3.8, 4) is 5.75 Å². The molecule has 1 aliphatic rings. The van der Waals surface area contributed by atoms with E-state index >= 15 is 0 Å². The molecule has 2 aromatic rings. The average molecular weight is 365 g/mol. The highest BCUT2D eigenvalue weighted by Crippen LogP contribution is 2.40. The molecule has 1 aliphatic carbocycles. The first-order valence-electron chi connectivity index (χ1n) is 9.52. The van der Waals surface area contributed by atoms with E-state index in [9.17, 15) is 9.59 Å².